The third kappa shape index (κ3) is 4.82. The van der Waals surface area contributed by atoms with Crippen LogP contribution in [0.1, 0.15) is 17.5 Å². The van der Waals surface area contributed by atoms with Gasteiger partial charge < -0.3 is 4.43 Å². The van der Waals surface area contributed by atoms with E-state index in [1.165, 1.54) is 0 Å². The van der Waals surface area contributed by atoms with Gasteiger partial charge >= 0.3 is 6.18 Å². The summed E-state index contributed by atoms with van der Waals surface area (Å²) in [5.41, 5.74) is 0.363. The van der Waals surface area contributed by atoms with E-state index in [0.29, 0.717) is 0 Å². The van der Waals surface area contributed by atoms with Gasteiger partial charge in [0.1, 0.15) is 0 Å². The summed E-state index contributed by atoms with van der Waals surface area (Å²) in [6.45, 7) is 4.28. The zero-order chi connectivity index (χ0) is 13.8. The van der Waals surface area contributed by atoms with Crippen molar-refractivity contribution in [2.75, 3.05) is 7.11 Å². The Morgan fingerprint density at radius 3 is 2.11 bits per heavy atom. The molecule has 0 bridgehead atoms. The van der Waals surface area contributed by atoms with E-state index < -0.39 is 20.1 Å². The Balaban J connectivity index is 2.50. The summed E-state index contributed by atoms with van der Waals surface area (Å²) >= 11 is 0. The van der Waals surface area contributed by atoms with E-state index in [4.69, 9.17) is 4.43 Å². The first-order valence-electron chi connectivity index (χ1n) is 5.96. The average molecular weight is 276 g/mol. The van der Waals surface area contributed by atoms with E-state index in [-0.39, 0.29) is 0 Å². The highest BCUT2D eigenvalue weighted by molar-refractivity contribution is 6.71. The van der Waals surface area contributed by atoms with Crippen LogP contribution >= 0.6 is 0 Å². The van der Waals surface area contributed by atoms with Gasteiger partial charge in [0.2, 0.25) is 0 Å². The topological polar surface area (TPSA) is 9.23 Å². The second kappa shape index (κ2) is 5.89. The van der Waals surface area contributed by atoms with Gasteiger partial charge in [-0.1, -0.05) is 12.1 Å². The first-order valence-corrected chi connectivity index (χ1v) is 9.07. The second-order valence-electron chi connectivity index (χ2n) is 5.01. The molecule has 0 spiro atoms. The fourth-order valence-corrected chi connectivity index (χ4v) is 2.91. The van der Waals surface area contributed by atoms with Gasteiger partial charge in [0.25, 0.3) is 0 Å². The van der Waals surface area contributed by atoms with Crippen molar-refractivity contribution in [1.29, 1.82) is 0 Å². The average Bonchev–Trinajstić information content (AvgIpc) is 2.28. The van der Waals surface area contributed by atoms with E-state index in [9.17, 15) is 13.2 Å². The van der Waals surface area contributed by atoms with Crippen LogP contribution in [0.4, 0.5) is 13.2 Å². The van der Waals surface area contributed by atoms with E-state index in [2.05, 4.69) is 13.1 Å². The highest BCUT2D eigenvalue weighted by Gasteiger charge is 2.29. The molecule has 0 heterocycles. The molecule has 1 aromatic rings. The number of benzene rings is 1. The van der Waals surface area contributed by atoms with Crippen LogP contribution in [-0.4, -0.2) is 15.4 Å². The molecule has 0 unspecified atom stereocenters. The van der Waals surface area contributed by atoms with Crippen molar-refractivity contribution in [2.24, 2.45) is 0 Å². The molecular weight excluding hydrogens is 257 g/mol. The summed E-state index contributed by atoms with van der Waals surface area (Å²) in [6.07, 6.45) is -2.49. The Kier molecular flexibility index (Phi) is 4.98. The minimum Gasteiger partial charge on any atom is -0.420 e. The SMILES string of the molecule is CO[Si](C)(C)CCCc1ccc(C(F)(F)F)cc1. The summed E-state index contributed by atoms with van der Waals surface area (Å²) in [4.78, 5) is 0. The molecule has 0 saturated heterocycles. The molecule has 0 aliphatic carbocycles. The molecule has 0 aromatic heterocycles. The summed E-state index contributed by atoms with van der Waals surface area (Å²) in [5, 5.41) is 0. The Morgan fingerprint density at radius 1 is 1.11 bits per heavy atom. The van der Waals surface area contributed by atoms with Crippen molar-refractivity contribution in [3.8, 4) is 0 Å². The molecule has 0 fully saturated rings. The highest BCUT2D eigenvalue weighted by Crippen LogP contribution is 2.29. The first kappa shape index (κ1) is 15.2. The smallest absolute Gasteiger partial charge is 0.416 e. The third-order valence-electron chi connectivity index (χ3n) is 3.08. The number of rotatable bonds is 5. The standard InChI is InChI=1S/C13H19F3OSi/c1-17-18(2,3)10-4-5-11-6-8-12(9-7-11)13(14,15)16/h6-9H,4-5,10H2,1-3H3. The fourth-order valence-electron chi connectivity index (χ4n) is 1.68. The predicted molar refractivity (Wildman–Crippen MR) is 69.1 cm³/mol. The van der Waals surface area contributed by atoms with Crippen molar-refractivity contribution < 1.29 is 17.6 Å². The Labute approximate surface area is 107 Å². The van der Waals surface area contributed by atoms with Crippen LogP contribution in [0.3, 0.4) is 0 Å². The Hall–Kier alpha value is -0.813. The maximum Gasteiger partial charge on any atom is 0.416 e. The van der Waals surface area contributed by atoms with Crippen molar-refractivity contribution in [2.45, 2.75) is 38.2 Å². The quantitative estimate of drug-likeness (QED) is 0.720. The summed E-state index contributed by atoms with van der Waals surface area (Å²) in [7, 11) is 0.175. The minimum atomic E-state index is -4.25. The second-order valence-corrected chi connectivity index (χ2v) is 9.44. The molecule has 0 aliphatic rings. The van der Waals surface area contributed by atoms with Gasteiger partial charge in [-0.3, -0.25) is 0 Å². The maximum absolute atomic E-state index is 12.4. The van der Waals surface area contributed by atoms with Crippen molar-refractivity contribution in [1.82, 2.24) is 0 Å². The summed E-state index contributed by atoms with van der Waals surface area (Å²) in [6, 6.07) is 6.43. The monoisotopic (exact) mass is 276 g/mol. The van der Waals surface area contributed by atoms with Gasteiger partial charge in [-0.25, -0.2) is 0 Å². The van der Waals surface area contributed by atoms with Gasteiger partial charge in [0.05, 0.1) is 5.56 Å². The molecule has 0 atom stereocenters. The van der Waals surface area contributed by atoms with Crippen LogP contribution < -0.4 is 0 Å². The normalized spacial score (nSPS) is 12.8. The number of halogens is 3. The number of alkyl halides is 3. The third-order valence-corrected chi connectivity index (χ3v) is 5.74. The summed E-state index contributed by atoms with van der Waals surface area (Å²) < 4.78 is 42.5. The maximum atomic E-state index is 12.4. The van der Waals surface area contributed by atoms with Crippen LogP contribution in [0.5, 0.6) is 0 Å². The lowest BCUT2D eigenvalue weighted by molar-refractivity contribution is -0.137. The molecular formula is C13H19F3OSi. The van der Waals surface area contributed by atoms with Crippen LogP contribution in [0.2, 0.25) is 19.1 Å². The molecule has 1 aromatic carbocycles. The molecule has 5 heteroatoms. The van der Waals surface area contributed by atoms with E-state index >= 15 is 0 Å². The van der Waals surface area contributed by atoms with E-state index in [1.54, 1.807) is 19.2 Å². The van der Waals surface area contributed by atoms with Gasteiger partial charge in [0, 0.05) is 7.11 Å². The highest BCUT2D eigenvalue weighted by atomic mass is 28.4. The molecule has 0 radical (unpaired) electrons. The van der Waals surface area contributed by atoms with E-state index in [1.807, 2.05) is 0 Å². The van der Waals surface area contributed by atoms with Crippen molar-refractivity contribution in [3.63, 3.8) is 0 Å². The van der Waals surface area contributed by atoms with Crippen LogP contribution in [0.15, 0.2) is 24.3 Å². The zero-order valence-corrected chi connectivity index (χ0v) is 12.0. The minimum absolute atomic E-state index is 0.585. The largest absolute Gasteiger partial charge is 0.420 e. The molecule has 1 rings (SSSR count). The van der Waals surface area contributed by atoms with Crippen LogP contribution in [0, 0.1) is 0 Å². The van der Waals surface area contributed by atoms with Gasteiger partial charge in [-0.2, -0.15) is 13.2 Å². The molecule has 102 valence electrons. The van der Waals surface area contributed by atoms with E-state index in [0.717, 1.165) is 36.6 Å². The molecule has 0 saturated carbocycles. The number of hydrogen-bond acceptors (Lipinski definition) is 1. The van der Waals surface area contributed by atoms with Crippen molar-refractivity contribution >= 4 is 8.32 Å². The molecule has 0 aliphatic heterocycles. The van der Waals surface area contributed by atoms with Crippen LogP contribution in [-0.2, 0) is 17.0 Å². The van der Waals surface area contributed by atoms with Gasteiger partial charge in [-0.15, -0.1) is 0 Å². The predicted octanol–water partition coefficient (Wildman–Crippen LogP) is 4.49. The molecule has 1 nitrogen and oxygen atoms in total. The lowest BCUT2D eigenvalue weighted by Crippen LogP contribution is -2.28. The summed E-state index contributed by atoms with van der Waals surface area (Å²) in [5.74, 6) is 0. The Morgan fingerprint density at radius 2 is 1.67 bits per heavy atom. The molecule has 0 N–H and O–H groups in total. The number of hydrogen-bond donors (Lipinski definition) is 0. The molecule has 18 heavy (non-hydrogen) atoms. The lowest BCUT2D eigenvalue weighted by atomic mass is 10.1. The van der Waals surface area contributed by atoms with Crippen molar-refractivity contribution in [3.05, 3.63) is 35.4 Å². The zero-order valence-electron chi connectivity index (χ0n) is 11.0. The van der Waals surface area contributed by atoms with Gasteiger partial charge in [0.15, 0.2) is 8.32 Å². The Bertz CT molecular complexity index is 371. The van der Waals surface area contributed by atoms with Gasteiger partial charge in [-0.05, 0) is 49.7 Å². The number of aryl methyl sites for hydroxylation is 1. The first-order chi connectivity index (χ1) is 8.24. The molecule has 0 amide bonds. The van der Waals surface area contributed by atoms with Crippen LogP contribution in [0.25, 0.3) is 0 Å². The fraction of sp³-hybridized carbons (Fsp3) is 0.538. The lowest BCUT2D eigenvalue weighted by Gasteiger charge is -2.19.